The van der Waals surface area contributed by atoms with Gasteiger partial charge in [0.2, 0.25) is 5.91 Å². The fraction of sp³-hybridized carbons (Fsp3) is 0.286. The Morgan fingerprint density at radius 2 is 1.96 bits per heavy atom. The average Bonchev–Trinajstić information content (AvgIpc) is 2.53. The van der Waals surface area contributed by atoms with Crippen molar-refractivity contribution in [1.82, 2.24) is 4.90 Å². The van der Waals surface area contributed by atoms with Crippen molar-refractivity contribution in [3.63, 3.8) is 0 Å². The SMILES string of the molecule is NC1C(=O)N2C(C(=O)O)=C(Sc3ccc(C(F)(F)F)cc3)CS[C@@H]12. The van der Waals surface area contributed by atoms with Crippen LogP contribution >= 0.6 is 23.5 Å². The number of thioether (sulfide) groups is 2. The van der Waals surface area contributed by atoms with Crippen molar-refractivity contribution < 1.29 is 27.9 Å². The van der Waals surface area contributed by atoms with Gasteiger partial charge in [-0.1, -0.05) is 11.8 Å². The van der Waals surface area contributed by atoms with Crippen LogP contribution in [0.4, 0.5) is 13.2 Å². The van der Waals surface area contributed by atoms with Crippen molar-refractivity contribution in [1.29, 1.82) is 0 Å². The number of carbonyl (C=O) groups excluding carboxylic acids is 1. The van der Waals surface area contributed by atoms with Crippen LogP contribution in [-0.2, 0) is 15.8 Å². The molecule has 0 radical (unpaired) electrons. The van der Waals surface area contributed by atoms with Gasteiger partial charge in [0.1, 0.15) is 17.1 Å². The van der Waals surface area contributed by atoms with Crippen molar-refractivity contribution in [2.75, 3.05) is 5.75 Å². The average molecular weight is 376 g/mol. The highest BCUT2D eigenvalue weighted by molar-refractivity contribution is 8.06. The number of nitrogens with zero attached hydrogens (tertiary/aromatic N) is 1. The van der Waals surface area contributed by atoms with Gasteiger partial charge >= 0.3 is 12.1 Å². The Kier molecular flexibility index (Phi) is 4.30. The van der Waals surface area contributed by atoms with Gasteiger partial charge in [-0.25, -0.2) is 4.79 Å². The molecule has 0 aliphatic carbocycles. The highest BCUT2D eigenvalue weighted by Crippen LogP contribution is 2.44. The highest BCUT2D eigenvalue weighted by atomic mass is 32.2. The highest BCUT2D eigenvalue weighted by Gasteiger charge is 2.51. The van der Waals surface area contributed by atoms with E-state index in [0.717, 1.165) is 28.8 Å². The lowest BCUT2D eigenvalue weighted by atomic mass is 10.1. The molecule has 1 saturated heterocycles. The zero-order chi connectivity index (χ0) is 17.6. The Bertz CT molecular complexity index is 734. The van der Waals surface area contributed by atoms with Gasteiger partial charge in [0, 0.05) is 15.6 Å². The van der Waals surface area contributed by atoms with Gasteiger partial charge in [-0.05, 0) is 24.3 Å². The minimum absolute atomic E-state index is 0.143. The van der Waals surface area contributed by atoms with Crippen LogP contribution in [0.2, 0.25) is 0 Å². The van der Waals surface area contributed by atoms with Gasteiger partial charge in [0.05, 0.1) is 5.56 Å². The van der Waals surface area contributed by atoms with Gasteiger partial charge < -0.3 is 10.8 Å². The van der Waals surface area contributed by atoms with Crippen molar-refractivity contribution in [2.24, 2.45) is 5.73 Å². The minimum Gasteiger partial charge on any atom is -0.477 e. The van der Waals surface area contributed by atoms with E-state index in [9.17, 15) is 27.9 Å². The second kappa shape index (κ2) is 6.01. The third-order valence-corrected chi connectivity index (χ3v) is 6.18. The van der Waals surface area contributed by atoms with E-state index in [1.165, 1.54) is 23.9 Å². The van der Waals surface area contributed by atoms with Gasteiger partial charge in [-0.3, -0.25) is 9.69 Å². The number of hydrogen-bond donors (Lipinski definition) is 2. The molecule has 0 aromatic heterocycles. The Balaban J connectivity index is 1.87. The van der Waals surface area contributed by atoms with E-state index >= 15 is 0 Å². The van der Waals surface area contributed by atoms with Crippen LogP contribution in [0.1, 0.15) is 5.56 Å². The number of aliphatic carboxylic acids is 1. The van der Waals surface area contributed by atoms with Gasteiger partial charge in [-0.2, -0.15) is 13.2 Å². The Hall–Kier alpha value is -1.65. The Labute approximate surface area is 143 Å². The summed E-state index contributed by atoms with van der Waals surface area (Å²) in [6.07, 6.45) is -4.43. The first-order valence-electron chi connectivity index (χ1n) is 6.72. The maximum Gasteiger partial charge on any atom is 0.416 e. The van der Waals surface area contributed by atoms with Gasteiger partial charge in [0.15, 0.2) is 0 Å². The van der Waals surface area contributed by atoms with E-state index in [1.807, 2.05) is 0 Å². The summed E-state index contributed by atoms with van der Waals surface area (Å²) in [5.74, 6) is -1.39. The fourth-order valence-corrected chi connectivity index (χ4v) is 4.84. The third kappa shape index (κ3) is 2.89. The van der Waals surface area contributed by atoms with E-state index in [1.54, 1.807) is 0 Å². The summed E-state index contributed by atoms with van der Waals surface area (Å²) in [5, 5.41) is 9.00. The molecule has 1 aromatic rings. The number of rotatable bonds is 3. The quantitative estimate of drug-likeness (QED) is 0.788. The zero-order valence-electron chi connectivity index (χ0n) is 11.9. The van der Waals surface area contributed by atoms with Crippen molar-refractivity contribution in [3.8, 4) is 0 Å². The summed E-state index contributed by atoms with van der Waals surface area (Å²) in [5.41, 5.74) is 4.73. The maximum atomic E-state index is 12.6. The molecule has 5 nitrogen and oxygen atoms in total. The van der Waals surface area contributed by atoms with E-state index in [0.29, 0.717) is 15.6 Å². The first-order chi connectivity index (χ1) is 11.2. The van der Waals surface area contributed by atoms with Crippen LogP contribution in [-0.4, -0.2) is 39.1 Å². The lowest BCUT2D eigenvalue weighted by Gasteiger charge is -2.47. The molecule has 0 spiro atoms. The van der Waals surface area contributed by atoms with Gasteiger partial charge in [0.25, 0.3) is 0 Å². The van der Waals surface area contributed by atoms with Crippen LogP contribution in [0.15, 0.2) is 39.8 Å². The smallest absolute Gasteiger partial charge is 0.416 e. The molecule has 2 aliphatic heterocycles. The summed E-state index contributed by atoms with van der Waals surface area (Å²) in [6.45, 7) is 0. The number of amides is 1. The second-order valence-electron chi connectivity index (χ2n) is 5.14. The van der Waals surface area contributed by atoms with E-state index in [-0.39, 0.29) is 5.70 Å². The van der Waals surface area contributed by atoms with Crippen molar-refractivity contribution in [3.05, 3.63) is 40.4 Å². The molecule has 0 saturated carbocycles. The summed E-state index contributed by atoms with van der Waals surface area (Å²) < 4.78 is 37.7. The fourth-order valence-electron chi connectivity index (χ4n) is 2.42. The zero-order valence-corrected chi connectivity index (χ0v) is 13.5. The number of benzene rings is 1. The topological polar surface area (TPSA) is 83.6 Å². The van der Waals surface area contributed by atoms with E-state index in [2.05, 4.69) is 0 Å². The van der Waals surface area contributed by atoms with Crippen molar-refractivity contribution >= 4 is 35.4 Å². The van der Waals surface area contributed by atoms with Gasteiger partial charge in [-0.15, -0.1) is 11.8 Å². The molecule has 3 rings (SSSR count). The molecule has 2 aliphatic rings. The van der Waals surface area contributed by atoms with E-state index in [4.69, 9.17) is 5.73 Å². The second-order valence-corrected chi connectivity index (χ2v) is 7.41. The molecule has 2 atom stereocenters. The number of nitrogens with two attached hydrogens (primary N) is 1. The standard InChI is InChI=1S/C14H11F3N2O3S2/c15-14(16,17)6-1-3-7(4-2-6)24-8-5-23-12-9(18)11(20)19(12)10(8)13(21)22/h1-4,9,12H,5,18H2,(H,21,22)/t9?,12-/m0/s1. The monoisotopic (exact) mass is 376 g/mol. The molecule has 1 unspecified atom stereocenters. The summed E-state index contributed by atoms with van der Waals surface area (Å²) in [7, 11) is 0. The number of carboxylic acids is 1. The largest absolute Gasteiger partial charge is 0.477 e. The summed E-state index contributed by atoms with van der Waals surface area (Å²) >= 11 is 2.38. The molecule has 10 heteroatoms. The number of carboxylic acid groups (broad SMARTS) is 1. The van der Waals surface area contributed by atoms with Crippen LogP contribution in [0, 0.1) is 0 Å². The molecule has 1 aromatic carbocycles. The Morgan fingerprint density at radius 1 is 1.33 bits per heavy atom. The molecular weight excluding hydrogens is 365 g/mol. The number of fused-ring (bicyclic) bond motifs is 1. The van der Waals surface area contributed by atoms with E-state index < -0.39 is 35.0 Å². The van der Waals surface area contributed by atoms with Crippen LogP contribution in [0.25, 0.3) is 0 Å². The van der Waals surface area contributed by atoms with Crippen molar-refractivity contribution in [2.45, 2.75) is 22.5 Å². The predicted octanol–water partition coefficient (Wildman–Crippen LogP) is 2.34. The first-order valence-corrected chi connectivity index (χ1v) is 8.58. The molecule has 1 fully saturated rings. The van der Waals surface area contributed by atoms with Crippen LogP contribution in [0.3, 0.4) is 0 Å². The molecule has 1 amide bonds. The molecule has 128 valence electrons. The Morgan fingerprint density at radius 3 is 2.50 bits per heavy atom. The lowest BCUT2D eigenvalue weighted by molar-refractivity contribution is -0.147. The van der Waals surface area contributed by atoms with Crippen LogP contribution in [0.5, 0.6) is 0 Å². The maximum absolute atomic E-state index is 12.6. The number of halogens is 3. The predicted molar refractivity (Wildman–Crippen MR) is 83.0 cm³/mol. The lowest BCUT2D eigenvalue weighted by Crippen LogP contribution is -2.68. The number of β-lactam (4-membered cyclic amide) rings is 1. The molecular formula is C14H11F3N2O3S2. The normalized spacial score (nSPS) is 23.8. The summed E-state index contributed by atoms with van der Waals surface area (Å²) in [6, 6.07) is 3.71. The third-order valence-electron chi connectivity index (χ3n) is 3.60. The number of carbonyl (C=O) groups is 2. The molecule has 3 N–H and O–H groups in total. The van der Waals surface area contributed by atoms with Crippen LogP contribution < -0.4 is 5.73 Å². The summed E-state index contributed by atoms with van der Waals surface area (Å²) in [4.78, 5) is 25.4. The first kappa shape index (κ1) is 17.2. The minimum atomic E-state index is -4.43. The molecule has 0 bridgehead atoms. The number of alkyl halides is 3. The number of hydrogen-bond acceptors (Lipinski definition) is 5. The molecule has 24 heavy (non-hydrogen) atoms. The molecule has 2 heterocycles.